The van der Waals surface area contributed by atoms with Crippen LogP contribution in [0.4, 0.5) is 0 Å². The predicted octanol–water partition coefficient (Wildman–Crippen LogP) is 5.84. The molecule has 0 nitrogen and oxygen atoms in total. The number of unbranched alkanes of at least 4 members (excludes halogenated alkanes) is 1. The molecule has 2 unspecified atom stereocenters. The predicted molar refractivity (Wildman–Crippen MR) is 103 cm³/mol. The quantitative estimate of drug-likeness (QED) is 0.599. The van der Waals surface area contributed by atoms with Crippen LogP contribution in [-0.4, -0.2) is 8.07 Å². The third-order valence-corrected chi connectivity index (χ3v) is 10.4. The molecule has 0 aliphatic heterocycles. The molecule has 1 aliphatic rings. The smallest absolute Gasteiger partial charge is 0.0748 e. The molecule has 1 aliphatic carbocycles. The summed E-state index contributed by atoms with van der Waals surface area (Å²) < 4.78 is 0. The zero-order valence-corrected chi connectivity index (χ0v) is 16.5. The minimum absolute atomic E-state index is 0.620. The fraction of sp³-hybridized carbons (Fsp3) is 0.524. The summed E-state index contributed by atoms with van der Waals surface area (Å²) in [6.07, 6.45) is 5.11. The van der Waals surface area contributed by atoms with Gasteiger partial charge in [-0.1, -0.05) is 90.2 Å². The molecule has 0 saturated carbocycles. The first-order chi connectivity index (χ1) is 10.3. The SMILES string of the molecule is CCCC[Si](C)(C1=C(C)C(C)=CC1C)c1cc(C)cc(C)c1. The molecule has 0 heterocycles. The molecule has 0 saturated heterocycles. The third kappa shape index (κ3) is 3.15. The van der Waals surface area contributed by atoms with Crippen LogP contribution in [0.25, 0.3) is 0 Å². The van der Waals surface area contributed by atoms with Crippen LogP contribution in [0.2, 0.25) is 12.6 Å². The third-order valence-electron chi connectivity index (χ3n) is 5.43. The van der Waals surface area contributed by atoms with Gasteiger partial charge in [-0.05, 0) is 39.7 Å². The van der Waals surface area contributed by atoms with Crippen molar-refractivity contribution in [2.45, 2.75) is 67.0 Å². The summed E-state index contributed by atoms with van der Waals surface area (Å²) in [6.45, 7) is 16.5. The minimum Gasteiger partial charge on any atom is -0.0748 e. The van der Waals surface area contributed by atoms with Crippen molar-refractivity contribution in [1.82, 2.24) is 0 Å². The fourth-order valence-corrected chi connectivity index (χ4v) is 9.45. The second-order valence-corrected chi connectivity index (χ2v) is 11.8. The molecule has 2 rings (SSSR count). The molecule has 0 aromatic heterocycles. The summed E-state index contributed by atoms with van der Waals surface area (Å²) in [5, 5.41) is 3.42. The summed E-state index contributed by atoms with van der Waals surface area (Å²) in [6, 6.07) is 8.62. The summed E-state index contributed by atoms with van der Waals surface area (Å²) >= 11 is 0. The Hall–Kier alpha value is -1.08. The van der Waals surface area contributed by atoms with E-state index >= 15 is 0 Å². The maximum Gasteiger partial charge on any atom is 0.111 e. The van der Waals surface area contributed by atoms with Crippen molar-refractivity contribution in [3.05, 3.63) is 51.7 Å². The van der Waals surface area contributed by atoms with Gasteiger partial charge >= 0.3 is 0 Å². The van der Waals surface area contributed by atoms with Crippen LogP contribution in [0, 0.1) is 19.8 Å². The van der Waals surface area contributed by atoms with Crippen LogP contribution in [-0.2, 0) is 0 Å². The minimum atomic E-state index is -1.62. The van der Waals surface area contributed by atoms with Crippen LogP contribution < -0.4 is 5.19 Å². The Morgan fingerprint density at radius 3 is 2.05 bits per heavy atom. The molecule has 120 valence electrons. The molecule has 0 bridgehead atoms. The zero-order valence-electron chi connectivity index (χ0n) is 15.5. The molecule has 0 fully saturated rings. The lowest BCUT2D eigenvalue weighted by Gasteiger charge is -2.34. The van der Waals surface area contributed by atoms with Crippen molar-refractivity contribution in [2.24, 2.45) is 5.92 Å². The van der Waals surface area contributed by atoms with Crippen molar-refractivity contribution in [3.63, 3.8) is 0 Å². The van der Waals surface area contributed by atoms with E-state index in [9.17, 15) is 0 Å². The fourth-order valence-electron chi connectivity index (χ4n) is 4.31. The van der Waals surface area contributed by atoms with Crippen molar-refractivity contribution in [1.29, 1.82) is 0 Å². The molecular weight excluding hydrogens is 280 g/mol. The Morgan fingerprint density at radius 1 is 1.00 bits per heavy atom. The van der Waals surface area contributed by atoms with Gasteiger partial charge in [0.15, 0.2) is 0 Å². The van der Waals surface area contributed by atoms with Crippen molar-refractivity contribution in [3.8, 4) is 0 Å². The Labute approximate surface area is 138 Å². The number of allylic oxidation sites excluding steroid dienone is 4. The molecule has 1 heteroatoms. The molecule has 0 amide bonds. The monoisotopic (exact) mass is 312 g/mol. The van der Waals surface area contributed by atoms with E-state index in [1.54, 1.807) is 16.0 Å². The number of aryl methyl sites for hydroxylation is 2. The van der Waals surface area contributed by atoms with Crippen LogP contribution in [0.5, 0.6) is 0 Å². The summed E-state index contributed by atoms with van der Waals surface area (Å²) in [7, 11) is -1.62. The summed E-state index contributed by atoms with van der Waals surface area (Å²) in [5.74, 6) is 0.620. The maximum absolute atomic E-state index is 2.61. The molecule has 1 aromatic carbocycles. The van der Waals surface area contributed by atoms with Crippen LogP contribution in [0.3, 0.4) is 0 Å². The van der Waals surface area contributed by atoms with Gasteiger partial charge in [0.05, 0.1) is 0 Å². The van der Waals surface area contributed by atoms with E-state index in [1.165, 1.54) is 35.6 Å². The van der Waals surface area contributed by atoms with Gasteiger partial charge in [-0.2, -0.15) is 0 Å². The second kappa shape index (κ2) is 6.58. The topological polar surface area (TPSA) is 0 Å². The molecule has 0 radical (unpaired) electrons. The van der Waals surface area contributed by atoms with E-state index < -0.39 is 8.07 Å². The van der Waals surface area contributed by atoms with E-state index in [1.807, 2.05) is 0 Å². The van der Waals surface area contributed by atoms with Gasteiger partial charge in [0, 0.05) is 0 Å². The van der Waals surface area contributed by atoms with Gasteiger partial charge in [0.25, 0.3) is 0 Å². The molecular formula is C21H32Si. The first kappa shape index (κ1) is 17.3. The summed E-state index contributed by atoms with van der Waals surface area (Å²) in [4.78, 5) is 0. The highest BCUT2D eigenvalue weighted by atomic mass is 28.3. The second-order valence-electron chi connectivity index (χ2n) is 7.49. The van der Waals surface area contributed by atoms with Gasteiger partial charge in [-0.25, -0.2) is 0 Å². The van der Waals surface area contributed by atoms with Gasteiger partial charge < -0.3 is 0 Å². The molecule has 1 aromatic rings. The molecule has 0 spiro atoms. The lowest BCUT2D eigenvalue weighted by molar-refractivity contribution is 0.855. The number of benzene rings is 1. The first-order valence-electron chi connectivity index (χ1n) is 8.78. The Balaban J connectivity index is 2.58. The Kier molecular flexibility index (Phi) is 5.16. The summed E-state index contributed by atoms with van der Waals surface area (Å²) in [5.41, 5.74) is 5.91. The van der Waals surface area contributed by atoms with Gasteiger partial charge in [-0.15, -0.1) is 0 Å². The van der Waals surface area contributed by atoms with Crippen LogP contribution in [0.1, 0.15) is 51.7 Å². The highest BCUT2D eigenvalue weighted by Gasteiger charge is 2.38. The van der Waals surface area contributed by atoms with Crippen molar-refractivity contribution >= 4 is 13.3 Å². The van der Waals surface area contributed by atoms with Crippen LogP contribution >= 0.6 is 0 Å². The largest absolute Gasteiger partial charge is 0.111 e. The van der Waals surface area contributed by atoms with Gasteiger partial charge in [0.1, 0.15) is 8.07 Å². The first-order valence-corrected chi connectivity index (χ1v) is 11.5. The van der Waals surface area contributed by atoms with E-state index in [0.29, 0.717) is 5.92 Å². The van der Waals surface area contributed by atoms with E-state index in [2.05, 4.69) is 72.4 Å². The highest BCUT2D eigenvalue weighted by molar-refractivity contribution is 6.97. The Bertz CT molecular complexity index is 601. The standard InChI is InChI=1S/C21H32Si/c1-8-9-10-22(7,20-12-15(2)11-16(3)13-20)21-18(5)14-17(4)19(21)6/h11-14,18H,8-10H2,1-7H3. The van der Waals surface area contributed by atoms with Crippen molar-refractivity contribution < 1.29 is 0 Å². The number of rotatable bonds is 5. The van der Waals surface area contributed by atoms with Crippen molar-refractivity contribution in [2.75, 3.05) is 0 Å². The molecule has 0 N–H and O–H groups in total. The number of hydrogen-bond donors (Lipinski definition) is 0. The highest BCUT2D eigenvalue weighted by Crippen LogP contribution is 2.39. The number of hydrogen-bond acceptors (Lipinski definition) is 0. The Morgan fingerprint density at radius 2 is 1.59 bits per heavy atom. The zero-order chi connectivity index (χ0) is 16.5. The average Bonchev–Trinajstić information content (AvgIpc) is 2.69. The maximum atomic E-state index is 2.61. The van der Waals surface area contributed by atoms with Gasteiger partial charge in [0.2, 0.25) is 0 Å². The lowest BCUT2D eigenvalue weighted by atomic mass is 10.2. The normalized spacial score (nSPS) is 21.0. The average molecular weight is 313 g/mol. The van der Waals surface area contributed by atoms with Gasteiger partial charge in [-0.3, -0.25) is 0 Å². The lowest BCUT2D eigenvalue weighted by Crippen LogP contribution is -2.48. The van der Waals surface area contributed by atoms with Crippen LogP contribution in [0.15, 0.2) is 40.6 Å². The van der Waals surface area contributed by atoms with E-state index in [-0.39, 0.29) is 0 Å². The molecule has 22 heavy (non-hydrogen) atoms. The van der Waals surface area contributed by atoms with E-state index in [4.69, 9.17) is 0 Å². The van der Waals surface area contributed by atoms with E-state index in [0.717, 1.165) is 0 Å². The molecule has 2 atom stereocenters.